The van der Waals surface area contributed by atoms with Crippen LogP contribution >= 0.6 is 11.8 Å². The number of rotatable bonds is 9. The van der Waals surface area contributed by atoms with E-state index >= 15 is 0 Å². The number of hydrogen-bond acceptors (Lipinski definition) is 5. The maximum atomic E-state index is 13.8. The fourth-order valence-corrected chi connectivity index (χ4v) is 7.98. The van der Waals surface area contributed by atoms with Crippen LogP contribution in [-0.4, -0.2) is 79.6 Å². The van der Waals surface area contributed by atoms with Crippen LogP contribution in [0.4, 0.5) is 0 Å². The third-order valence-electron chi connectivity index (χ3n) is 6.80. The van der Waals surface area contributed by atoms with E-state index in [9.17, 15) is 19.5 Å². The van der Waals surface area contributed by atoms with E-state index in [0.717, 1.165) is 0 Å². The van der Waals surface area contributed by atoms with Gasteiger partial charge in [0.15, 0.2) is 0 Å². The van der Waals surface area contributed by atoms with Crippen LogP contribution in [0.1, 0.15) is 40.0 Å². The van der Waals surface area contributed by atoms with Crippen molar-refractivity contribution < 1.29 is 24.6 Å². The quantitative estimate of drug-likeness (QED) is 0.431. The summed E-state index contributed by atoms with van der Waals surface area (Å²) in [5, 5.41) is 18.9. The number of aliphatic hydroxyl groups is 1. The zero-order valence-corrected chi connectivity index (χ0v) is 18.2. The first kappa shape index (κ1) is 22.2. The van der Waals surface area contributed by atoms with Crippen LogP contribution in [-0.2, 0) is 14.4 Å². The minimum atomic E-state index is -0.940. The Morgan fingerprint density at radius 1 is 1.41 bits per heavy atom. The monoisotopic (exact) mass is 424 g/mol. The first-order valence-corrected chi connectivity index (χ1v) is 11.3. The lowest BCUT2D eigenvalue weighted by atomic mass is 9.66. The van der Waals surface area contributed by atoms with Crippen molar-refractivity contribution >= 4 is 29.5 Å². The Balaban J connectivity index is 2.05. The summed E-state index contributed by atoms with van der Waals surface area (Å²) in [7, 11) is 0. The van der Waals surface area contributed by atoms with Crippen molar-refractivity contribution in [2.75, 3.05) is 19.7 Å². The fourth-order valence-electron chi connectivity index (χ4n) is 5.57. The third-order valence-corrected chi connectivity index (χ3v) is 8.88. The molecule has 1 spiro atoms. The lowest BCUT2D eigenvalue weighted by Crippen LogP contribution is -2.58. The second kappa shape index (κ2) is 8.30. The molecule has 3 unspecified atom stereocenters. The molecule has 3 aliphatic heterocycles. The molecular weight excluding hydrogens is 392 g/mol. The van der Waals surface area contributed by atoms with Gasteiger partial charge in [-0.25, -0.2) is 0 Å². The summed E-state index contributed by atoms with van der Waals surface area (Å²) in [5.74, 6) is -2.60. The summed E-state index contributed by atoms with van der Waals surface area (Å²) in [5.41, 5.74) is 0. The number of carboxylic acids is 1. The second-order valence-electron chi connectivity index (χ2n) is 8.73. The highest BCUT2D eigenvalue weighted by molar-refractivity contribution is 8.02. The highest BCUT2D eigenvalue weighted by atomic mass is 32.2. The molecule has 6 atom stereocenters. The van der Waals surface area contributed by atoms with Crippen molar-refractivity contribution in [2.45, 2.75) is 62.1 Å². The summed E-state index contributed by atoms with van der Waals surface area (Å²) in [4.78, 5) is 42.7. The predicted molar refractivity (Wildman–Crippen MR) is 111 cm³/mol. The van der Waals surface area contributed by atoms with Crippen molar-refractivity contribution in [3.05, 3.63) is 12.7 Å². The number of aliphatic carboxylic acids is 1. The van der Waals surface area contributed by atoms with Gasteiger partial charge in [0.1, 0.15) is 6.04 Å². The third kappa shape index (κ3) is 3.28. The Kier molecular flexibility index (Phi) is 6.34. The Morgan fingerprint density at radius 2 is 2.10 bits per heavy atom. The molecular formula is C21H32N2O5S. The number of aliphatic hydroxyl groups excluding tert-OH is 1. The fraction of sp³-hybridized carbons (Fsp3) is 0.762. The number of unbranched alkanes of at least 4 members (excludes halogenated alkanes) is 1. The Morgan fingerprint density at radius 3 is 2.66 bits per heavy atom. The summed E-state index contributed by atoms with van der Waals surface area (Å²) in [6, 6.07) is -0.727. The van der Waals surface area contributed by atoms with Crippen molar-refractivity contribution in [3.8, 4) is 0 Å². The Hall–Kier alpha value is -1.54. The lowest BCUT2D eigenvalue weighted by Gasteiger charge is -2.41. The maximum absolute atomic E-state index is 13.8. The molecule has 2 amide bonds. The number of likely N-dealkylation sites (tertiary alicyclic amines) is 1. The highest BCUT2D eigenvalue weighted by Crippen LogP contribution is 2.68. The van der Waals surface area contributed by atoms with E-state index in [0.29, 0.717) is 32.4 Å². The number of carbonyl (C=O) groups is 3. The number of nitrogens with zero attached hydrogens (tertiary/aromatic N) is 2. The summed E-state index contributed by atoms with van der Waals surface area (Å²) >= 11 is 1.56. The molecule has 8 heteroatoms. The summed E-state index contributed by atoms with van der Waals surface area (Å²) in [6.07, 6.45) is 3.51. The van der Waals surface area contributed by atoms with Crippen LogP contribution in [0, 0.1) is 17.8 Å². The average molecular weight is 425 g/mol. The van der Waals surface area contributed by atoms with Crippen molar-refractivity contribution in [3.63, 3.8) is 0 Å². The molecule has 2 N–H and O–H groups in total. The van der Waals surface area contributed by atoms with Gasteiger partial charge in [-0.05, 0) is 39.0 Å². The minimum absolute atomic E-state index is 0.0226. The van der Waals surface area contributed by atoms with Crippen LogP contribution in [0.2, 0.25) is 0 Å². The molecule has 2 bridgehead atoms. The molecule has 0 aromatic carbocycles. The molecule has 0 radical (unpaired) electrons. The number of amides is 2. The SMILES string of the molecule is C=CCN(C(=O)C1N(CCCCO)C(=O)[C@@H]2[C@@H](C(=O)O)[C@H]3CC(C)C12S3)C(C)C. The Bertz CT molecular complexity index is 699. The van der Waals surface area contributed by atoms with Crippen LogP contribution < -0.4 is 0 Å². The van der Waals surface area contributed by atoms with E-state index in [1.54, 1.807) is 27.6 Å². The molecule has 3 fully saturated rings. The average Bonchev–Trinajstić information content (AvgIpc) is 3.23. The van der Waals surface area contributed by atoms with Gasteiger partial charge in [-0.3, -0.25) is 14.4 Å². The molecule has 3 rings (SSSR count). The van der Waals surface area contributed by atoms with E-state index in [4.69, 9.17) is 5.11 Å². The standard InChI is InChI=1S/C21H32N2O5S/c1-5-8-22(12(2)3)19(26)17-21-13(4)11-14(29-21)15(20(27)28)16(21)18(25)23(17)9-6-7-10-24/h5,12-17,24H,1,6-11H2,2-4H3,(H,27,28)/t13?,14-,15+,16+,17?,21?/m1/s1. The van der Waals surface area contributed by atoms with Crippen LogP contribution in [0.25, 0.3) is 0 Å². The van der Waals surface area contributed by atoms with Crippen LogP contribution in [0.15, 0.2) is 12.7 Å². The van der Waals surface area contributed by atoms with Gasteiger partial charge in [-0.2, -0.15) is 0 Å². The van der Waals surface area contributed by atoms with Gasteiger partial charge in [0.2, 0.25) is 11.8 Å². The molecule has 29 heavy (non-hydrogen) atoms. The van der Waals surface area contributed by atoms with Gasteiger partial charge >= 0.3 is 5.97 Å². The van der Waals surface area contributed by atoms with E-state index in [2.05, 4.69) is 13.5 Å². The summed E-state index contributed by atoms with van der Waals surface area (Å²) < 4.78 is -0.699. The smallest absolute Gasteiger partial charge is 0.308 e. The van der Waals surface area contributed by atoms with Gasteiger partial charge in [-0.1, -0.05) is 13.0 Å². The zero-order chi connectivity index (χ0) is 21.5. The largest absolute Gasteiger partial charge is 0.481 e. The lowest BCUT2D eigenvalue weighted by molar-refractivity contribution is -0.149. The predicted octanol–water partition coefficient (Wildman–Crippen LogP) is 1.60. The normalized spacial score (nSPS) is 35.3. The summed E-state index contributed by atoms with van der Waals surface area (Å²) in [6.45, 7) is 10.5. The first-order valence-electron chi connectivity index (χ1n) is 10.5. The van der Waals surface area contributed by atoms with Crippen molar-refractivity contribution in [1.82, 2.24) is 9.80 Å². The Labute approximate surface area is 176 Å². The van der Waals surface area contributed by atoms with E-state index in [-0.39, 0.29) is 35.6 Å². The second-order valence-corrected chi connectivity index (χ2v) is 10.3. The number of hydrogen-bond donors (Lipinski definition) is 2. The van der Waals surface area contributed by atoms with Gasteiger partial charge < -0.3 is 20.0 Å². The van der Waals surface area contributed by atoms with Gasteiger partial charge in [0.25, 0.3) is 0 Å². The van der Waals surface area contributed by atoms with Crippen LogP contribution in [0.5, 0.6) is 0 Å². The number of fused-ring (bicyclic) bond motifs is 1. The molecule has 0 saturated carbocycles. The van der Waals surface area contributed by atoms with Gasteiger partial charge in [0, 0.05) is 31.0 Å². The molecule has 3 heterocycles. The zero-order valence-electron chi connectivity index (χ0n) is 17.4. The minimum Gasteiger partial charge on any atom is -0.481 e. The number of carbonyl (C=O) groups excluding carboxylic acids is 2. The first-order chi connectivity index (χ1) is 13.7. The van der Waals surface area contributed by atoms with Gasteiger partial charge in [0.05, 0.1) is 16.6 Å². The molecule has 0 aromatic heterocycles. The molecule has 0 aromatic rings. The van der Waals surface area contributed by atoms with E-state index in [1.165, 1.54) is 0 Å². The topological polar surface area (TPSA) is 98.2 Å². The van der Waals surface area contributed by atoms with Gasteiger partial charge in [-0.15, -0.1) is 18.3 Å². The highest BCUT2D eigenvalue weighted by Gasteiger charge is 2.76. The molecule has 3 saturated heterocycles. The molecule has 162 valence electrons. The molecule has 0 aliphatic carbocycles. The van der Waals surface area contributed by atoms with E-state index in [1.807, 2.05) is 13.8 Å². The molecule has 3 aliphatic rings. The van der Waals surface area contributed by atoms with Crippen molar-refractivity contribution in [2.24, 2.45) is 17.8 Å². The maximum Gasteiger partial charge on any atom is 0.308 e. The molecule has 7 nitrogen and oxygen atoms in total. The number of thioether (sulfide) groups is 1. The van der Waals surface area contributed by atoms with E-state index < -0.39 is 28.6 Å². The van der Waals surface area contributed by atoms with Crippen LogP contribution in [0.3, 0.4) is 0 Å². The number of carboxylic acid groups (broad SMARTS) is 1. The van der Waals surface area contributed by atoms with Crippen molar-refractivity contribution in [1.29, 1.82) is 0 Å².